The van der Waals surface area contributed by atoms with E-state index in [1.165, 1.54) is 0 Å². The Morgan fingerprint density at radius 2 is 1.90 bits per heavy atom. The SMILES string of the molecule is CCC1Oc2ccccc2N(CCC(=O)Nc2ccc(OCC(C)C)cc2)C1=O. The Labute approximate surface area is 171 Å². The van der Waals surface area contributed by atoms with Gasteiger partial charge < -0.3 is 19.7 Å². The van der Waals surface area contributed by atoms with Crippen molar-refractivity contribution in [3.63, 3.8) is 0 Å². The quantitative estimate of drug-likeness (QED) is 0.724. The third-order valence-corrected chi connectivity index (χ3v) is 4.62. The molecule has 0 fully saturated rings. The molecular formula is C23H28N2O4. The lowest BCUT2D eigenvalue weighted by Crippen LogP contribution is -2.46. The molecule has 29 heavy (non-hydrogen) atoms. The lowest BCUT2D eigenvalue weighted by Gasteiger charge is -2.33. The average Bonchev–Trinajstić information content (AvgIpc) is 2.72. The standard InChI is InChI=1S/C23H28N2O4/c1-4-20-23(27)25(19-7-5-6-8-21(19)29-20)14-13-22(26)24-17-9-11-18(12-10-17)28-15-16(2)3/h5-12,16,20H,4,13-15H2,1-3H3,(H,24,26). The molecule has 154 valence electrons. The van der Waals surface area contributed by atoms with Gasteiger partial charge in [-0.1, -0.05) is 32.9 Å². The largest absolute Gasteiger partial charge is 0.493 e. The van der Waals surface area contributed by atoms with Crippen molar-refractivity contribution in [2.75, 3.05) is 23.4 Å². The molecule has 1 heterocycles. The van der Waals surface area contributed by atoms with Gasteiger partial charge in [-0.05, 0) is 48.7 Å². The summed E-state index contributed by atoms with van der Waals surface area (Å²) in [5.41, 5.74) is 1.41. The number of benzene rings is 2. The van der Waals surface area contributed by atoms with Gasteiger partial charge in [0.1, 0.15) is 11.5 Å². The number of amides is 2. The van der Waals surface area contributed by atoms with Crippen LogP contribution in [0.2, 0.25) is 0 Å². The predicted molar refractivity (Wildman–Crippen MR) is 114 cm³/mol. The van der Waals surface area contributed by atoms with Crippen LogP contribution in [0.25, 0.3) is 0 Å². The fraction of sp³-hybridized carbons (Fsp3) is 0.391. The number of hydrogen-bond acceptors (Lipinski definition) is 4. The second kappa shape index (κ2) is 9.45. The molecule has 1 unspecified atom stereocenters. The first-order valence-electron chi connectivity index (χ1n) is 10.1. The molecular weight excluding hydrogens is 368 g/mol. The number of ether oxygens (including phenoxy) is 2. The van der Waals surface area contributed by atoms with Crippen molar-refractivity contribution in [2.45, 2.75) is 39.7 Å². The van der Waals surface area contributed by atoms with Gasteiger partial charge in [-0.25, -0.2) is 0 Å². The van der Waals surface area contributed by atoms with Gasteiger partial charge in [0.15, 0.2) is 6.10 Å². The Kier molecular flexibility index (Phi) is 6.75. The molecule has 0 aliphatic carbocycles. The maximum atomic E-state index is 12.7. The monoisotopic (exact) mass is 396 g/mol. The summed E-state index contributed by atoms with van der Waals surface area (Å²) < 4.78 is 11.4. The fourth-order valence-corrected chi connectivity index (χ4v) is 3.10. The number of anilines is 2. The Hall–Kier alpha value is -3.02. The maximum absolute atomic E-state index is 12.7. The van der Waals surface area contributed by atoms with Crippen LogP contribution in [0.5, 0.6) is 11.5 Å². The zero-order valence-electron chi connectivity index (χ0n) is 17.2. The number of fused-ring (bicyclic) bond motifs is 1. The van der Waals surface area contributed by atoms with Gasteiger partial charge in [0.2, 0.25) is 5.91 Å². The summed E-state index contributed by atoms with van der Waals surface area (Å²) in [4.78, 5) is 26.8. The zero-order chi connectivity index (χ0) is 20.8. The van der Waals surface area contributed by atoms with Crippen LogP contribution >= 0.6 is 0 Å². The van der Waals surface area contributed by atoms with E-state index >= 15 is 0 Å². The molecule has 2 amide bonds. The topological polar surface area (TPSA) is 67.9 Å². The van der Waals surface area contributed by atoms with Crippen LogP contribution in [0.1, 0.15) is 33.6 Å². The van der Waals surface area contributed by atoms with E-state index in [2.05, 4.69) is 19.2 Å². The lowest BCUT2D eigenvalue weighted by atomic mass is 10.1. The van der Waals surface area contributed by atoms with Crippen molar-refractivity contribution in [2.24, 2.45) is 5.92 Å². The summed E-state index contributed by atoms with van der Waals surface area (Å²) in [7, 11) is 0. The van der Waals surface area contributed by atoms with Gasteiger partial charge in [-0.15, -0.1) is 0 Å². The lowest BCUT2D eigenvalue weighted by molar-refractivity contribution is -0.126. The number of carbonyl (C=O) groups is 2. The molecule has 1 N–H and O–H groups in total. The van der Waals surface area contributed by atoms with Gasteiger partial charge in [-0.2, -0.15) is 0 Å². The van der Waals surface area contributed by atoms with Gasteiger partial charge in [-0.3, -0.25) is 9.59 Å². The predicted octanol–water partition coefficient (Wildman–Crippen LogP) is 4.25. The molecule has 0 saturated carbocycles. The van der Waals surface area contributed by atoms with E-state index in [-0.39, 0.29) is 18.2 Å². The molecule has 2 aromatic carbocycles. The molecule has 3 rings (SSSR count). The minimum Gasteiger partial charge on any atom is -0.493 e. The number of rotatable bonds is 8. The summed E-state index contributed by atoms with van der Waals surface area (Å²) >= 11 is 0. The molecule has 0 bridgehead atoms. The van der Waals surface area contributed by atoms with Crippen LogP contribution in [0.4, 0.5) is 11.4 Å². The van der Waals surface area contributed by atoms with Crippen LogP contribution in [-0.4, -0.2) is 31.1 Å². The Morgan fingerprint density at radius 3 is 2.59 bits per heavy atom. The molecule has 6 heteroatoms. The van der Waals surface area contributed by atoms with Crippen molar-refractivity contribution in [3.05, 3.63) is 48.5 Å². The van der Waals surface area contributed by atoms with Gasteiger partial charge in [0, 0.05) is 18.7 Å². The first kappa shape index (κ1) is 20.7. The first-order valence-corrected chi connectivity index (χ1v) is 10.1. The smallest absolute Gasteiger partial charge is 0.268 e. The fourth-order valence-electron chi connectivity index (χ4n) is 3.10. The first-order chi connectivity index (χ1) is 14.0. The maximum Gasteiger partial charge on any atom is 0.268 e. The third-order valence-electron chi connectivity index (χ3n) is 4.62. The minimum atomic E-state index is -0.508. The Balaban J connectivity index is 1.58. The van der Waals surface area contributed by atoms with Crippen LogP contribution in [0.3, 0.4) is 0 Å². The molecule has 6 nitrogen and oxygen atoms in total. The normalized spacial score (nSPS) is 15.7. The molecule has 0 radical (unpaired) electrons. The van der Waals surface area contributed by atoms with E-state index in [1.54, 1.807) is 4.90 Å². The van der Waals surface area contributed by atoms with Crippen molar-refractivity contribution in [3.8, 4) is 11.5 Å². The molecule has 1 aliphatic heterocycles. The van der Waals surface area contributed by atoms with Crippen molar-refractivity contribution < 1.29 is 19.1 Å². The van der Waals surface area contributed by atoms with Crippen molar-refractivity contribution in [1.29, 1.82) is 0 Å². The van der Waals surface area contributed by atoms with Gasteiger partial charge in [0.25, 0.3) is 5.91 Å². The summed E-state index contributed by atoms with van der Waals surface area (Å²) in [5, 5.41) is 2.87. The molecule has 0 spiro atoms. The van der Waals surface area contributed by atoms with E-state index in [9.17, 15) is 9.59 Å². The molecule has 1 aliphatic rings. The summed E-state index contributed by atoms with van der Waals surface area (Å²) in [5.74, 6) is 1.65. The number of nitrogens with zero attached hydrogens (tertiary/aromatic N) is 1. The van der Waals surface area contributed by atoms with Crippen molar-refractivity contribution >= 4 is 23.2 Å². The summed E-state index contributed by atoms with van der Waals surface area (Å²) in [6.45, 7) is 7.05. The highest BCUT2D eigenvalue weighted by atomic mass is 16.5. The van der Waals surface area contributed by atoms with Crippen molar-refractivity contribution in [1.82, 2.24) is 0 Å². The highest BCUT2D eigenvalue weighted by Gasteiger charge is 2.33. The average molecular weight is 396 g/mol. The minimum absolute atomic E-state index is 0.106. The van der Waals surface area contributed by atoms with E-state index in [0.717, 1.165) is 5.75 Å². The van der Waals surface area contributed by atoms with Crippen LogP contribution in [0, 0.1) is 5.92 Å². The second-order valence-electron chi connectivity index (χ2n) is 7.50. The Morgan fingerprint density at radius 1 is 1.17 bits per heavy atom. The van der Waals surface area contributed by atoms with E-state index < -0.39 is 6.10 Å². The molecule has 1 atom stereocenters. The second-order valence-corrected chi connectivity index (χ2v) is 7.50. The third kappa shape index (κ3) is 5.28. The van der Waals surface area contributed by atoms with Crippen LogP contribution < -0.4 is 19.7 Å². The van der Waals surface area contributed by atoms with E-state index in [4.69, 9.17) is 9.47 Å². The van der Waals surface area contributed by atoms with Gasteiger partial charge in [0.05, 0.1) is 12.3 Å². The van der Waals surface area contributed by atoms with E-state index in [1.807, 2.05) is 55.5 Å². The number of nitrogens with one attached hydrogen (secondary N) is 1. The van der Waals surface area contributed by atoms with E-state index in [0.29, 0.717) is 42.6 Å². The molecule has 0 saturated heterocycles. The molecule has 2 aromatic rings. The number of hydrogen-bond donors (Lipinski definition) is 1. The highest BCUT2D eigenvalue weighted by molar-refractivity contribution is 6.01. The summed E-state index contributed by atoms with van der Waals surface area (Å²) in [6, 6.07) is 14.7. The molecule has 0 aromatic heterocycles. The number of carbonyl (C=O) groups excluding carboxylic acids is 2. The zero-order valence-corrected chi connectivity index (χ0v) is 17.2. The summed E-state index contributed by atoms with van der Waals surface area (Å²) in [6.07, 6.45) is 0.273. The van der Waals surface area contributed by atoms with Gasteiger partial charge >= 0.3 is 0 Å². The Bertz CT molecular complexity index is 848. The van der Waals surface area contributed by atoms with Crippen LogP contribution in [-0.2, 0) is 9.59 Å². The number of para-hydroxylation sites is 2. The highest BCUT2D eigenvalue weighted by Crippen LogP contribution is 2.34. The van der Waals surface area contributed by atoms with Crippen LogP contribution in [0.15, 0.2) is 48.5 Å².